The van der Waals surface area contributed by atoms with Crippen LogP contribution in [-0.2, 0) is 31.0 Å². The predicted octanol–water partition coefficient (Wildman–Crippen LogP) is 5.30. The van der Waals surface area contributed by atoms with Crippen LogP contribution >= 0.6 is 15.9 Å². The highest BCUT2D eigenvalue weighted by Crippen LogP contribution is 2.63. The third kappa shape index (κ3) is 4.14. The van der Waals surface area contributed by atoms with Crippen LogP contribution < -0.4 is 15.6 Å². The Morgan fingerprint density at radius 2 is 1.45 bits per heavy atom. The number of nitrogens with zero attached hydrogens (tertiary/aromatic N) is 2. The number of anilines is 2. The molecule has 4 aliphatic rings. The number of carbonyl (C=O) groups excluding carboxylic acids is 4. The van der Waals surface area contributed by atoms with Gasteiger partial charge in [0.1, 0.15) is 0 Å². The zero-order valence-corrected chi connectivity index (χ0v) is 25.2. The van der Waals surface area contributed by atoms with Crippen molar-refractivity contribution in [3.05, 3.63) is 129 Å². The van der Waals surface area contributed by atoms with Crippen LogP contribution in [0.25, 0.3) is 0 Å². The van der Waals surface area contributed by atoms with Crippen molar-refractivity contribution in [3.8, 4) is 0 Å². The maximum absolute atomic E-state index is 14.4. The number of nitrogens with one attached hydrogen (secondary N) is 2. The first-order chi connectivity index (χ1) is 21.3. The van der Waals surface area contributed by atoms with Crippen molar-refractivity contribution in [2.45, 2.75) is 24.7 Å². The molecule has 1 fully saturated rings. The number of aryl methyl sites for hydroxylation is 1. The smallest absolute Gasteiger partial charge is 0.318 e. The minimum absolute atomic E-state index is 0.272. The fraction of sp³-hybridized carbons (Fsp3) is 0.171. The minimum Gasteiger partial charge on any atom is -0.318 e. The van der Waals surface area contributed by atoms with Crippen molar-refractivity contribution in [1.29, 1.82) is 0 Å². The molecule has 9 heteroatoms. The van der Waals surface area contributed by atoms with Gasteiger partial charge in [0.25, 0.3) is 0 Å². The molecule has 0 aromatic heterocycles. The molecule has 8 rings (SSSR count). The number of benzene rings is 4. The highest BCUT2D eigenvalue weighted by molar-refractivity contribution is 9.10. The van der Waals surface area contributed by atoms with Crippen molar-refractivity contribution < 1.29 is 19.2 Å². The summed E-state index contributed by atoms with van der Waals surface area (Å²) < 4.78 is 0.832. The van der Waals surface area contributed by atoms with Crippen LogP contribution in [0.3, 0.4) is 0 Å². The summed E-state index contributed by atoms with van der Waals surface area (Å²) in [5.41, 5.74) is 6.88. The lowest BCUT2D eigenvalue weighted by Gasteiger charge is -2.52. The van der Waals surface area contributed by atoms with E-state index in [1.54, 1.807) is 36.4 Å². The molecule has 0 unspecified atom stereocenters. The molecule has 4 aromatic rings. The van der Waals surface area contributed by atoms with E-state index in [1.807, 2.05) is 67.6 Å². The lowest BCUT2D eigenvalue weighted by Crippen LogP contribution is -2.54. The van der Waals surface area contributed by atoms with Crippen molar-refractivity contribution in [2.24, 2.45) is 16.9 Å². The Labute approximate surface area is 262 Å². The molecule has 4 aromatic carbocycles. The highest BCUT2D eigenvalue weighted by Gasteiger charge is 2.68. The number of hydrogen-bond donors (Lipinski definition) is 2. The number of carbonyl (C=O) groups is 4. The second-order valence-corrected chi connectivity index (χ2v) is 12.1. The molecule has 1 heterocycles. The van der Waals surface area contributed by atoms with E-state index in [-0.39, 0.29) is 17.7 Å². The molecule has 4 amide bonds. The van der Waals surface area contributed by atoms with E-state index in [0.717, 1.165) is 38.7 Å². The van der Waals surface area contributed by atoms with Gasteiger partial charge in [-0.1, -0.05) is 83.5 Å². The third-order valence-electron chi connectivity index (χ3n) is 9.03. The van der Waals surface area contributed by atoms with Crippen molar-refractivity contribution in [2.75, 3.05) is 10.2 Å². The maximum Gasteiger partial charge on any atom is 0.329 e. The Bertz CT molecular complexity index is 1820. The van der Waals surface area contributed by atoms with Gasteiger partial charge in [-0.15, -0.1) is 0 Å². The molecule has 3 aliphatic carbocycles. The Kier molecular flexibility index (Phi) is 6.77. The van der Waals surface area contributed by atoms with Gasteiger partial charge in [0.2, 0.25) is 11.8 Å². The molecule has 0 spiro atoms. The van der Waals surface area contributed by atoms with E-state index in [4.69, 9.17) is 0 Å². The van der Waals surface area contributed by atoms with Gasteiger partial charge in [-0.05, 0) is 70.6 Å². The van der Waals surface area contributed by atoms with Crippen LogP contribution in [0.2, 0.25) is 0 Å². The van der Waals surface area contributed by atoms with Crippen LogP contribution in [0.5, 0.6) is 0 Å². The molecule has 0 saturated carbocycles. The largest absolute Gasteiger partial charge is 0.329 e. The highest BCUT2D eigenvalue weighted by atomic mass is 79.9. The van der Waals surface area contributed by atoms with E-state index in [9.17, 15) is 19.2 Å². The first-order valence-corrected chi connectivity index (χ1v) is 15.2. The van der Waals surface area contributed by atoms with E-state index in [2.05, 4.69) is 31.8 Å². The fourth-order valence-corrected chi connectivity index (χ4v) is 7.41. The normalized spacial score (nSPS) is 22.9. The van der Waals surface area contributed by atoms with Crippen LogP contribution in [-0.4, -0.2) is 29.8 Å². The van der Waals surface area contributed by atoms with Gasteiger partial charge in [0, 0.05) is 22.3 Å². The van der Waals surface area contributed by atoms with E-state index < -0.39 is 29.1 Å². The first-order valence-electron chi connectivity index (χ1n) is 14.4. The van der Waals surface area contributed by atoms with Crippen molar-refractivity contribution >= 4 is 57.1 Å². The molecule has 2 bridgehead atoms. The van der Waals surface area contributed by atoms with Crippen LogP contribution in [0, 0.1) is 11.8 Å². The summed E-state index contributed by atoms with van der Waals surface area (Å²) in [6.45, 7) is 2.03. The average molecular weight is 648 g/mol. The van der Waals surface area contributed by atoms with Crippen LogP contribution in [0.15, 0.2) is 107 Å². The first kappa shape index (κ1) is 27.9. The Morgan fingerprint density at radius 3 is 2.07 bits per heavy atom. The van der Waals surface area contributed by atoms with Gasteiger partial charge in [0.15, 0.2) is 0 Å². The SMILES string of the molecule is CCc1ccc(NC(=O)C(=O)N/N=C\C23c4ccccc4C(c4ccccc42)[C@H]2C(=O)N(c4ccc(Br)cc4)C(=O)[C@@H]23)cc1. The molecular formula is C35H27BrN4O4. The topological polar surface area (TPSA) is 108 Å². The summed E-state index contributed by atoms with van der Waals surface area (Å²) in [4.78, 5) is 55.4. The summed E-state index contributed by atoms with van der Waals surface area (Å²) in [6, 6.07) is 29.9. The Balaban J connectivity index is 1.28. The standard InChI is InChI=1S/C35H27BrN4O4/c1-2-20-11-15-22(16-12-20)38-31(41)32(42)39-37-19-35-26-9-5-3-7-24(26)28(25-8-4-6-10-27(25)35)29-30(35)34(44)40(33(29)43)23-17-13-21(36)14-18-23/h3-19,28-30H,2H2,1H3,(H,38,41)(H,39,42)/b37-19-/t28?,29-,30-,35?/m1/s1. The number of rotatable bonds is 5. The molecule has 0 radical (unpaired) electrons. The molecule has 8 nitrogen and oxygen atoms in total. The quantitative estimate of drug-likeness (QED) is 0.133. The van der Waals surface area contributed by atoms with Gasteiger partial charge in [0.05, 0.1) is 22.9 Å². The van der Waals surface area contributed by atoms with E-state index in [1.165, 1.54) is 11.1 Å². The summed E-state index contributed by atoms with van der Waals surface area (Å²) in [6.07, 6.45) is 2.39. The lowest BCUT2D eigenvalue weighted by molar-refractivity contribution is -0.136. The average Bonchev–Trinajstić information content (AvgIpc) is 3.32. The van der Waals surface area contributed by atoms with E-state index in [0.29, 0.717) is 11.4 Å². The zero-order valence-electron chi connectivity index (χ0n) is 23.7. The van der Waals surface area contributed by atoms with Gasteiger partial charge < -0.3 is 5.32 Å². The number of hydrazone groups is 1. The molecule has 2 N–H and O–H groups in total. The van der Waals surface area contributed by atoms with Crippen molar-refractivity contribution in [3.63, 3.8) is 0 Å². The Morgan fingerprint density at radius 1 is 0.841 bits per heavy atom. The lowest BCUT2D eigenvalue weighted by atomic mass is 9.47. The van der Waals surface area contributed by atoms with Crippen LogP contribution in [0.4, 0.5) is 11.4 Å². The third-order valence-corrected chi connectivity index (χ3v) is 9.56. The summed E-state index contributed by atoms with van der Waals surface area (Å²) in [5, 5.41) is 6.89. The monoisotopic (exact) mass is 646 g/mol. The number of hydrogen-bond acceptors (Lipinski definition) is 5. The molecule has 2 atom stereocenters. The second-order valence-electron chi connectivity index (χ2n) is 11.2. The van der Waals surface area contributed by atoms with Gasteiger partial charge in [-0.3, -0.25) is 19.2 Å². The maximum atomic E-state index is 14.4. The van der Waals surface area contributed by atoms with Gasteiger partial charge >= 0.3 is 11.8 Å². The molecular weight excluding hydrogens is 620 g/mol. The number of amides is 4. The number of imide groups is 1. The van der Waals surface area contributed by atoms with E-state index >= 15 is 0 Å². The molecule has 1 saturated heterocycles. The van der Waals surface area contributed by atoms with Crippen LogP contribution in [0.1, 0.15) is 40.7 Å². The minimum atomic E-state index is -1.16. The molecule has 218 valence electrons. The number of halogens is 1. The fourth-order valence-electron chi connectivity index (χ4n) is 7.15. The second kappa shape index (κ2) is 10.7. The van der Waals surface area contributed by atoms with Gasteiger partial charge in [-0.25, -0.2) is 10.3 Å². The molecule has 44 heavy (non-hydrogen) atoms. The summed E-state index contributed by atoms with van der Waals surface area (Å²) >= 11 is 3.43. The summed E-state index contributed by atoms with van der Waals surface area (Å²) in [7, 11) is 0. The van der Waals surface area contributed by atoms with Gasteiger partial charge in [-0.2, -0.15) is 5.10 Å². The van der Waals surface area contributed by atoms with Crippen molar-refractivity contribution in [1.82, 2.24) is 5.43 Å². The predicted molar refractivity (Wildman–Crippen MR) is 170 cm³/mol. The zero-order chi connectivity index (χ0) is 30.6. The Hall–Kier alpha value is -4.89. The summed E-state index contributed by atoms with van der Waals surface area (Å²) in [5.74, 6) is -4.23. The molecule has 1 aliphatic heterocycles.